The van der Waals surface area contributed by atoms with Crippen molar-refractivity contribution in [2.45, 2.75) is 0 Å². The molecule has 0 fully saturated rings. The molecule has 0 atom stereocenters. The van der Waals surface area contributed by atoms with Crippen molar-refractivity contribution < 1.29 is 9.59 Å². The summed E-state index contributed by atoms with van der Waals surface area (Å²) in [5.74, 6) is -1.20. The fourth-order valence-electron chi connectivity index (χ4n) is 2.00. The number of carbonyl (C=O) groups is 2. The number of benzene rings is 1. The minimum atomic E-state index is -0.625. The Morgan fingerprint density at radius 3 is 2.62 bits per heavy atom. The maximum Gasteiger partial charge on any atom is 0.251 e. The number of ketones is 2. The zero-order valence-electron chi connectivity index (χ0n) is 10.8. The molecule has 2 heterocycles. The van der Waals surface area contributed by atoms with E-state index in [9.17, 15) is 9.59 Å². The lowest BCUT2D eigenvalue weighted by atomic mass is 10.0. The van der Waals surface area contributed by atoms with Gasteiger partial charge in [-0.05, 0) is 52.3 Å². The van der Waals surface area contributed by atoms with Gasteiger partial charge in [0, 0.05) is 17.1 Å². The molecule has 0 aliphatic heterocycles. The Kier molecular flexibility index (Phi) is 3.58. The zero-order chi connectivity index (χ0) is 14.8. The van der Waals surface area contributed by atoms with Crippen molar-refractivity contribution in [2.24, 2.45) is 0 Å². The largest absolute Gasteiger partial charge is 0.285 e. The molecule has 102 valence electrons. The molecule has 1 aromatic carbocycles. The van der Waals surface area contributed by atoms with Crippen molar-refractivity contribution in [1.82, 2.24) is 9.97 Å². The highest BCUT2D eigenvalue weighted by Gasteiger charge is 2.20. The molecule has 3 aromatic rings. The van der Waals surface area contributed by atoms with E-state index in [0.29, 0.717) is 10.2 Å². The van der Waals surface area contributed by atoms with Gasteiger partial charge in [-0.15, -0.1) is 0 Å². The first-order valence-electron chi connectivity index (χ1n) is 6.21. The molecule has 0 spiro atoms. The molecule has 0 bridgehead atoms. The second kappa shape index (κ2) is 5.54. The maximum atomic E-state index is 12.3. The fourth-order valence-corrected chi connectivity index (χ4v) is 2.34. The number of hydrogen-bond donors (Lipinski definition) is 0. The molecule has 0 amide bonds. The van der Waals surface area contributed by atoms with Crippen molar-refractivity contribution in [3.05, 3.63) is 70.6 Å². The quantitative estimate of drug-likeness (QED) is 0.416. The normalized spacial score (nSPS) is 10.5. The van der Waals surface area contributed by atoms with E-state index in [4.69, 9.17) is 0 Å². The standard InChI is InChI=1S/C16H9BrN2O2/c17-14-5-1-4-13(19-14)16(21)15(20)11-6-7-12-10(9-11)3-2-8-18-12/h1-9H. The zero-order valence-corrected chi connectivity index (χ0v) is 12.4. The predicted octanol–water partition coefficient (Wildman–Crippen LogP) is 3.46. The molecule has 4 nitrogen and oxygen atoms in total. The number of carbonyl (C=O) groups excluding carboxylic acids is 2. The SMILES string of the molecule is O=C(C(=O)c1cccc(Br)n1)c1ccc2ncccc2c1. The van der Waals surface area contributed by atoms with Gasteiger partial charge in [0.1, 0.15) is 10.3 Å². The molecule has 0 saturated carbocycles. The van der Waals surface area contributed by atoms with Crippen LogP contribution in [0.3, 0.4) is 0 Å². The number of halogens is 1. The summed E-state index contributed by atoms with van der Waals surface area (Å²) in [7, 11) is 0. The van der Waals surface area contributed by atoms with Crippen LogP contribution in [0, 0.1) is 0 Å². The number of Topliss-reactive ketones (excluding diaryl/α,β-unsaturated/α-hetero) is 2. The van der Waals surface area contributed by atoms with Crippen LogP contribution in [-0.2, 0) is 0 Å². The Balaban J connectivity index is 1.98. The second-order valence-corrected chi connectivity index (χ2v) is 5.23. The molecule has 2 aromatic heterocycles. The average molecular weight is 341 g/mol. The number of fused-ring (bicyclic) bond motifs is 1. The van der Waals surface area contributed by atoms with E-state index in [0.717, 1.165) is 10.9 Å². The maximum absolute atomic E-state index is 12.3. The number of pyridine rings is 2. The van der Waals surface area contributed by atoms with Crippen molar-refractivity contribution in [3.63, 3.8) is 0 Å². The van der Waals surface area contributed by atoms with Crippen LogP contribution in [0.4, 0.5) is 0 Å². The topological polar surface area (TPSA) is 59.9 Å². The number of rotatable bonds is 3. The third kappa shape index (κ3) is 2.73. The van der Waals surface area contributed by atoms with E-state index in [2.05, 4.69) is 25.9 Å². The van der Waals surface area contributed by atoms with Crippen molar-refractivity contribution in [2.75, 3.05) is 0 Å². The predicted molar refractivity (Wildman–Crippen MR) is 82.3 cm³/mol. The minimum absolute atomic E-state index is 0.126. The number of nitrogens with zero attached hydrogens (tertiary/aromatic N) is 2. The molecule has 0 unspecified atom stereocenters. The smallest absolute Gasteiger partial charge is 0.251 e. The lowest BCUT2D eigenvalue weighted by Crippen LogP contribution is -2.16. The Bertz CT molecular complexity index is 862. The molecule has 0 N–H and O–H groups in total. The van der Waals surface area contributed by atoms with Crippen molar-refractivity contribution in [3.8, 4) is 0 Å². The summed E-state index contributed by atoms with van der Waals surface area (Å²) >= 11 is 3.19. The van der Waals surface area contributed by atoms with Crippen LogP contribution in [0.25, 0.3) is 10.9 Å². The molecule has 5 heteroatoms. The molecule has 0 radical (unpaired) electrons. The van der Waals surface area contributed by atoms with E-state index < -0.39 is 11.6 Å². The van der Waals surface area contributed by atoms with Crippen LogP contribution < -0.4 is 0 Å². The van der Waals surface area contributed by atoms with Crippen LogP contribution in [-0.4, -0.2) is 21.5 Å². The first-order chi connectivity index (χ1) is 10.1. The van der Waals surface area contributed by atoms with E-state index in [-0.39, 0.29) is 5.69 Å². The minimum Gasteiger partial charge on any atom is -0.285 e. The third-order valence-corrected chi connectivity index (χ3v) is 3.46. The Hall–Kier alpha value is -2.40. The van der Waals surface area contributed by atoms with E-state index >= 15 is 0 Å². The van der Waals surface area contributed by atoms with Crippen LogP contribution in [0.5, 0.6) is 0 Å². The van der Waals surface area contributed by atoms with Crippen LogP contribution in [0.2, 0.25) is 0 Å². The summed E-state index contributed by atoms with van der Waals surface area (Å²) < 4.78 is 0.517. The average Bonchev–Trinajstić information content (AvgIpc) is 2.53. The molecular formula is C16H9BrN2O2. The monoisotopic (exact) mass is 340 g/mol. The first-order valence-corrected chi connectivity index (χ1v) is 7.01. The van der Waals surface area contributed by atoms with Crippen LogP contribution in [0.1, 0.15) is 20.8 Å². The first kappa shape index (κ1) is 13.6. The summed E-state index contributed by atoms with van der Waals surface area (Å²) in [6.07, 6.45) is 1.68. The molecule has 3 rings (SSSR count). The molecule has 21 heavy (non-hydrogen) atoms. The molecule has 0 saturated heterocycles. The van der Waals surface area contributed by atoms with Gasteiger partial charge in [-0.3, -0.25) is 14.6 Å². The Morgan fingerprint density at radius 1 is 0.952 bits per heavy atom. The van der Waals surface area contributed by atoms with Gasteiger partial charge in [0.25, 0.3) is 5.78 Å². The second-order valence-electron chi connectivity index (χ2n) is 4.41. The number of aromatic nitrogens is 2. The van der Waals surface area contributed by atoms with E-state index in [1.165, 1.54) is 6.07 Å². The summed E-state index contributed by atoms with van der Waals surface area (Å²) in [6.45, 7) is 0. The van der Waals surface area contributed by atoms with E-state index in [1.54, 1.807) is 42.6 Å². The highest BCUT2D eigenvalue weighted by Crippen LogP contribution is 2.15. The lowest BCUT2D eigenvalue weighted by molar-refractivity contribution is 0.0814. The highest BCUT2D eigenvalue weighted by atomic mass is 79.9. The van der Waals surface area contributed by atoms with Gasteiger partial charge < -0.3 is 0 Å². The Morgan fingerprint density at radius 2 is 1.81 bits per heavy atom. The van der Waals surface area contributed by atoms with Crippen molar-refractivity contribution in [1.29, 1.82) is 0 Å². The lowest BCUT2D eigenvalue weighted by Gasteiger charge is -2.02. The third-order valence-electron chi connectivity index (χ3n) is 3.02. The van der Waals surface area contributed by atoms with E-state index in [1.807, 2.05) is 6.07 Å². The van der Waals surface area contributed by atoms with Gasteiger partial charge in [-0.2, -0.15) is 0 Å². The fraction of sp³-hybridized carbons (Fsp3) is 0. The van der Waals surface area contributed by atoms with Gasteiger partial charge >= 0.3 is 0 Å². The molecular weight excluding hydrogens is 332 g/mol. The van der Waals surface area contributed by atoms with Gasteiger partial charge in [0.2, 0.25) is 5.78 Å². The summed E-state index contributed by atoms with van der Waals surface area (Å²) in [6, 6.07) is 13.5. The summed E-state index contributed by atoms with van der Waals surface area (Å²) in [5, 5.41) is 0.818. The Labute approximate surface area is 129 Å². The van der Waals surface area contributed by atoms with Gasteiger partial charge in [-0.25, -0.2) is 4.98 Å². The molecule has 0 aliphatic carbocycles. The highest BCUT2D eigenvalue weighted by molar-refractivity contribution is 9.10. The van der Waals surface area contributed by atoms with Gasteiger partial charge in [-0.1, -0.05) is 12.1 Å². The number of hydrogen-bond acceptors (Lipinski definition) is 4. The van der Waals surface area contributed by atoms with Crippen molar-refractivity contribution >= 4 is 38.4 Å². The van der Waals surface area contributed by atoms with Gasteiger partial charge in [0.15, 0.2) is 0 Å². The van der Waals surface area contributed by atoms with Gasteiger partial charge in [0.05, 0.1) is 5.52 Å². The summed E-state index contributed by atoms with van der Waals surface area (Å²) in [5.41, 5.74) is 1.24. The van der Waals surface area contributed by atoms with Crippen LogP contribution in [0.15, 0.2) is 59.3 Å². The van der Waals surface area contributed by atoms with Crippen LogP contribution >= 0.6 is 15.9 Å². The summed E-state index contributed by atoms with van der Waals surface area (Å²) in [4.78, 5) is 32.7. The molecule has 0 aliphatic rings.